The van der Waals surface area contributed by atoms with Crippen LogP contribution >= 0.6 is 12.2 Å². The molecular weight excluding hydrogens is 206 g/mol. The summed E-state index contributed by atoms with van der Waals surface area (Å²) in [5.74, 6) is 1.92. The molecule has 0 atom stereocenters. The Bertz CT molecular complexity index is 360. The minimum absolute atomic E-state index is 0.767. The maximum absolute atomic E-state index is 5.18. The van der Waals surface area contributed by atoms with E-state index >= 15 is 0 Å². The van der Waals surface area contributed by atoms with Gasteiger partial charge in [0.15, 0.2) is 4.77 Å². The Balaban J connectivity index is 1.89. The molecule has 0 unspecified atom stereocenters. The second kappa shape index (κ2) is 4.92. The fraction of sp³-hybridized carbons (Fsp3) is 0.818. The van der Waals surface area contributed by atoms with Crippen LogP contribution < -0.4 is 0 Å². The Hall–Kier alpha value is -0.640. The van der Waals surface area contributed by atoms with Crippen molar-refractivity contribution in [2.75, 3.05) is 0 Å². The average Bonchev–Trinajstić information content (AvgIpc) is 2.58. The molecule has 1 aromatic rings. The van der Waals surface area contributed by atoms with Crippen LogP contribution in [0, 0.1) is 17.6 Å². The molecule has 1 heterocycles. The van der Waals surface area contributed by atoms with Crippen LogP contribution in [0.15, 0.2) is 0 Å². The molecule has 84 valence electrons. The van der Waals surface area contributed by atoms with Crippen LogP contribution in [-0.2, 0) is 6.54 Å². The number of aryl methyl sites for hydroxylation is 1. The molecule has 4 heteroatoms. The van der Waals surface area contributed by atoms with Gasteiger partial charge in [-0.1, -0.05) is 32.1 Å². The van der Waals surface area contributed by atoms with Crippen molar-refractivity contribution in [3.8, 4) is 0 Å². The number of aromatic amines is 1. The number of hydrogen-bond donors (Lipinski definition) is 1. The van der Waals surface area contributed by atoms with Gasteiger partial charge in [-0.3, -0.25) is 5.10 Å². The topological polar surface area (TPSA) is 33.6 Å². The van der Waals surface area contributed by atoms with E-state index < -0.39 is 0 Å². The van der Waals surface area contributed by atoms with Crippen molar-refractivity contribution >= 4 is 12.2 Å². The number of aromatic nitrogens is 3. The van der Waals surface area contributed by atoms with E-state index in [0.29, 0.717) is 0 Å². The van der Waals surface area contributed by atoms with Gasteiger partial charge in [0.1, 0.15) is 5.82 Å². The van der Waals surface area contributed by atoms with Gasteiger partial charge in [0.05, 0.1) is 0 Å². The highest BCUT2D eigenvalue weighted by atomic mass is 32.1. The number of nitrogens with zero attached hydrogens (tertiary/aromatic N) is 2. The van der Waals surface area contributed by atoms with Gasteiger partial charge in [0.2, 0.25) is 0 Å². The largest absolute Gasteiger partial charge is 0.304 e. The fourth-order valence-electron chi connectivity index (χ4n) is 2.45. The minimum atomic E-state index is 0.767. The first-order chi connectivity index (χ1) is 7.27. The van der Waals surface area contributed by atoms with Crippen LogP contribution in [0.3, 0.4) is 0 Å². The van der Waals surface area contributed by atoms with Gasteiger partial charge in [-0.25, -0.2) is 0 Å². The molecule has 1 N–H and O–H groups in total. The summed E-state index contributed by atoms with van der Waals surface area (Å²) < 4.78 is 2.88. The van der Waals surface area contributed by atoms with Gasteiger partial charge in [-0.2, -0.15) is 5.10 Å². The highest BCUT2D eigenvalue weighted by molar-refractivity contribution is 7.71. The quantitative estimate of drug-likeness (QED) is 0.801. The lowest BCUT2D eigenvalue weighted by molar-refractivity contribution is 0.322. The van der Waals surface area contributed by atoms with Crippen molar-refractivity contribution in [1.29, 1.82) is 0 Å². The van der Waals surface area contributed by atoms with Crippen molar-refractivity contribution in [2.45, 2.75) is 52.0 Å². The lowest BCUT2D eigenvalue weighted by atomic mass is 9.87. The summed E-state index contributed by atoms with van der Waals surface area (Å²) in [6.07, 6.45) is 8.34. The second-order valence-electron chi connectivity index (χ2n) is 4.52. The molecular formula is C11H19N3S. The molecule has 0 radical (unpaired) electrons. The molecule has 1 saturated carbocycles. The van der Waals surface area contributed by atoms with E-state index in [-0.39, 0.29) is 0 Å². The van der Waals surface area contributed by atoms with E-state index in [9.17, 15) is 0 Å². The van der Waals surface area contributed by atoms with Crippen LogP contribution in [0.25, 0.3) is 0 Å². The van der Waals surface area contributed by atoms with Crippen molar-refractivity contribution in [1.82, 2.24) is 14.8 Å². The summed E-state index contributed by atoms with van der Waals surface area (Å²) in [7, 11) is 0. The third kappa shape index (κ3) is 2.68. The summed E-state index contributed by atoms with van der Waals surface area (Å²) in [6, 6.07) is 0. The molecule has 0 aromatic carbocycles. The fourth-order valence-corrected chi connectivity index (χ4v) is 2.72. The first kappa shape index (κ1) is 10.9. The Labute approximate surface area is 95.9 Å². The molecule has 0 aliphatic heterocycles. The molecule has 1 fully saturated rings. The van der Waals surface area contributed by atoms with Gasteiger partial charge in [0.25, 0.3) is 0 Å². The van der Waals surface area contributed by atoms with Crippen molar-refractivity contribution in [3.05, 3.63) is 10.6 Å². The van der Waals surface area contributed by atoms with Crippen molar-refractivity contribution in [3.63, 3.8) is 0 Å². The molecule has 3 nitrogen and oxygen atoms in total. The first-order valence-electron chi connectivity index (χ1n) is 5.89. The summed E-state index contributed by atoms with van der Waals surface area (Å²) in [5, 5.41) is 6.97. The van der Waals surface area contributed by atoms with Gasteiger partial charge < -0.3 is 4.57 Å². The van der Waals surface area contributed by atoms with E-state index in [1.807, 2.05) is 6.92 Å². The summed E-state index contributed by atoms with van der Waals surface area (Å²) >= 11 is 5.18. The normalized spacial score (nSPS) is 18.2. The molecule has 0 spiro atoms. The predicted molar refractivity (Wildman–Crippen MR) is 63.3 cm³/mol. The second-order valence-corrected chi connectivity index (χ2v) is 4.91. The van der Waals surface area contributed by atoms with E-state index in [0.717, 1.165) is 23.1 Å². The molecule has 1 aliphatic rings. The van der Waals surface area contributed by atoms with Crippen molar-refractivity contribution < 1.29 is 0 Å². The third-order valence-electron chi connectivity index (χ3n) is 3.43. The first-order valence-corrected chi connectivity index (χ1v) is 6.30. The molecule has 0 bridgehead atoms. The monoisotopic (exact) mass is 225 g/mol. The zero-order valence-electron chi connectivity index (χ0n) is 9.33. The van der Waals surface area contributed by atoms with E-state index in [1.165, 1.54) is 38.5 Å². The SMILES string of the molecule is Cc1n[nH]c(=S)n1CCC1CCCCC1. The van der Waals surface area contributed by atoms with E-state index in [4.69, 9.17) is 12.2 Å². The standard InChI is InChI=1S/C11H19N3S/c1-9-12-13-11(15)14(9)8-7-10-5-3-2-4-6-10/h10H,2-8H2,1H3,(H,13,15). The van der Waals surface area contributed by atoms with Crippen LogP contribution in [0.1, 0.15) is 44.3 Å². The number of nitrogens with one attached hydrogen (secondary N) is 1. The Morgan fingerprint density at radius 1 is 1.40 bits per heavy atom. The zero-order chi connectivity index (χ0) is 10.7. The minimum Gasteiger partial charge on any atom is -0.304 e. The predicted octanol–water partition coefficient (Wildman–Crippen LogP) is 3.22. The van der Waals surface area contributed by atoms with Gasteiger partial charge >= 0.3 is 0 Å². The smallest absolute Gasteiger partial charge is 0.195 e. The van der Waals surface area contributed by atoms with E-state index in [2.05, 4.69) is 14.8 Å². The highest BCUT2D eigenvalue weighted by Crippen LogP contribution is 2.26. The highest BCUT2D eigenvalue weighted by Gasteiger charge is 2.13. The molecule has 15 heavy (non-hydrogen) atoms. The third-order valence-corrected chi connectivity index (χ3v) is 3.75. The Kier molecular flexibility index (Phi) is 3.57. The van der Waals surface area contributed by atoms with Crippen LogP contribution in [0.5, 0.6) is 0 Å². The lowest BCUT2D eigenvalue weighted by Gasteiger charge is -2.21. The van der Waals surface area contributed by atoms with Crippen molar-refractivity contribution in [2.24, 2.45) is 5.92 Å². The summed E-state index contributed by atoms with van der Waals surface area (Å²) in [5.41, 5.74) is 0. The maximum atomic E-state index is 5.18. The number of rotatable bonds is 3. The molecule has 1 aliphatic carbocycles. The number of hydrogen-bond acceptors (Lipinski definition) is 2. The van der Waals surface area contributed by atoms with Crippen LogP contribution in [-0.4, -0.2) is 14.8 Å². The van der Waals surface area contributed by atoms with Gasteiger partial charge in [-0.15, -0.1) is 0 Å². The van der Waals surface area contributed by atoms with Gasteiger partial charge in [0, 0.05) is 6.54 Å². The zero-order valence-corrected chi connectivity index (χ0v) is 10.1. The summed E-state index contributed by atoms with van der Waals surface area (Å²) in [4.78, 5) is 0. The molecule has 2 rings (SSSR count). The van der Waals surface area contributed by atoms with Gasteiger partial charge in [-0.05, 0) is 31.5 Å². The number of H-pyrrole nitrogens is 1. The average molecular weight is 225 g/mol. The Morgan fingerprint density at radius 2 is 2.13 bits per heavy atom. The Morgan fingerprint density at radius 3 is 2.73 bits per heavy atom. The van der Waals surface area contributed by atoms with Crippen LogP contribution in [0.2, 0.25) is 0 Å². The molecule has 1 aromatic heterocycles. The van der Waals surface area contributed by atoms with E-state index in [1.54, 1.807) is 0 Å². The molecule has 0 amide bonds. The van der Waals surface area contributed by atoms with Crippen LogP contribution in [0.4, 0.5) is 0 Å². The molecule has 0 saturated heterocycles. The lowest BCUT2D eigenvalue weighted by Crippen LogP contribution is -2.11. The maximum Gasteiger partial charge on any atom is 0.195 e. The summed E-state index contributed by atoms with van der Waals surface area (Å²) in [6.45, 7) is 3.04.